The first kappa shape index (κ1) is 14.4. The van der Waals surface area contributed by atoms with Crippen LogP contribution in [-0.2, 0) is 11.3 Å². The second-order valence-corrected chi connectivity index (χ2v) is 6.98. The third-order valence-corrected chi connectivity index (χ3v) is 3.71. The van der Waals surface area contributed by atoms with Crippen molar-refractivity contribution in [2.24, 2.45) is 0 Å². The Bertz CT molecular complexity index is 387. The van der Waals surface area contributed by atoms with E-state index in [4.69, 9.17) is 11.6 Å². The molecule has 1 amide bonds. The standard InChI is InChI=1S/C13H18ClNOS/c1-13(2,3)17-9-12(16)15-8-10-6-4-5-7-11(10)14/h4-7H,8-9H2,1-3H3,(H,15,16). The molecular weight excluding hydrogens is 254 g/mol. The van der Waals surface area contributed by atoms with Crippen LogP contribution in [0.1, 0.15) is 26.3 Å². The number of benzene rings is 1. The zero-order valence-electron chi connectivity index (χ0n) is 10.4. The predicted molar refractivity (Wildman–Crippen MR) is 75.5 cm³/mol. The Hall–Kier alpha value is -0.670. The number of halogens is 1. The number of carbonyl (C=O) groups is 1. The van der Waals surface area contributed by atoms with Crippen molar-refractivity contribution < 1.29 is 4.79 Å². The summed E-state index contributed by atoms with van der Waals surface area (Å²) >= 11 is 7.64. The van der Waals surface area contributed by atoms with Gasteiger partial charge >= 0.3 is 0 Å². The molecule has 0 spiro atoms. The molecule has 0 radical (unpaired) electrons. The lowest BCUT2D eigenvalue weighted by Gasteiger charge is -2.17. The van der Waals surface area contributed by atoms with Crippen molar-refractivity contribution in [3.63, 3.8) is 0 Å². The molecule has 4 heteroatoms. The number of hydrogen-bond donors (Lipinski definition) is 1. The lowest BCUT2D eigenvalue weighted by Crippen LogP contribution is -2.26. The summed E-state index contributed by atoms with van der Waals surface area (Å²) in [5.41, 5.74) is 0.947. The predicted octanol–water partition coefficient (Wildman–Crippen LogP) is 3.49. The molecule has 0 atom stereocenters. The maximum absolute atomic E-state index is 11.6. The Kier molecular flexibility index (Phi) is 5.34. The van der Waals surface area contributed by atoms with Gasteiger partial charge in [0.25, 0.3) is 0 Å². The molecule has 2 nitrogen and oxygen atoms in total. The lowest BCUT2D eigenvalue weighted by molar-refractivity contribution is -0.118. The molecule has 0 saturated carbocycles. The van der Waals surface area contributed by atoms with Gasteiger partial charge in [0.05, 0.1) is 5.75 Å². The summed E-state index contributed by atoms with van der Waals surface area (Å²) in [6, 6.07) is 7.53. The van der Waals surface area contributed by atoms with Gasteiger partial charge in [-0.1, -0.05) is 50.6 Å². The van der Waals surface area contributed by atoms with Crippen molar-refractivity contribution in [3.8, 4) is 0 Å². The van der Waals surface area contributed by atoms with Crippen LogP contribution in [0.4, 0.5) is 0 Å². The number of hydrogen-bond acceptors (Lipinski definition) is 2. The van der Waals surface area contributed by atoms with Crippen LogP contribution in [0.2, 0.25) is 5.02 Å². The fourth-order valence-corrected chi connectivity index (χ4v) is 2.04. The van der Waals surface area contributed by atoms with Crippen LogP contribution in [0.5, 0.6) is 0 Å². The summed E-state index contributed by atoms with van der Waals surface area (Å²) in [4.78, 5) is 11.6. The minimum absolute atomic E-state index is 0.0462. The van der Waals surface area contributed by atoms with Crippen molar-refractivity contribution >= 4 is 29.3 Å². The van der Waals surface area contributed by atoms with Crippen LogP contribution >= 0.6 is 23.4 Å². The first-order valence-electron chi connectivity index (χ1n) is 5.52. The molecule has 1 N–H and O–H groups in total. The van der Waals surface area contributed by atoms with Gasteiger partial charge in [-0.25, -0.2) is 0 Å². The number of amides is 1. The highest BCUT2D eigenvalue weighted by atomic mass is 35.5. The van der Waals surface area contributed by atoms with E-state index in [1.807, 2.05) is 24.3 Å². The van der Waals surface area contributed by atoms with Gasteiger partial charge in [0, 0.05) is 16.3 Å². The summed E-state index contributed by atoms with van der Waals surface area (Å²) in [5.74, 6) is 0.526. The van der Waals surface area contributed by atoms with Crippen LogP contribution in [0.15, 0.2) is 24.3 Å². The number of rotatable bonds is 4. The molecule has 0 aliphatic heterocycles. The van der Waals surface area contributed by atoms with E-state index in [9.17, 15) is 4.79 Å². The molecule has 0 aliphatic rings. The average Bonchev–Trinajstić information content (AvgIpc) is 2.24. The van der Waals surface area contributed by atoms with Crippen molar-refractivity contribution in [1.29, 1.82) is 0 Å². The van der Waals surface area contributed by atoms with E-state index in [-0.39, 0.29) is 10.7 Å². The SMILES string of the molecule is CC(C)(C)SCC(=O)NCc1ccccc1Cl. The summed E-state index contributed by atoms with van der Waals surface area (Å²) in [6.45, 7) is 6.78. The number of carbonyl (C=O) groups excluding carboxylic acids is 1. The summed E-state index contributed by atoms with van der Waals surface area (Å²) < 4.78 is 0.113. The van der Waals surface area contributed by atoms with Gasteiger partial charge in [-0.2, -0.15) is 0 Å². The highest BCUT2D eigenvalue weighted by molar-refractivity contribution is 8.01. The second-order valence-electron chi connectivity index (χ2n) is 4.77. The fraction of sp³-hybridized carbons (Fsp3) is 0.462. The van der Waals surface area contributed by atoms with Crippen molar-refractivity contribution in [2.45, 2.75) is 32.1 Å². The maximum Gasteiger partial charge on any atom is 0.230 e. The maximum atomic E-state index is 11.6. The van der Waals surface area contributed by atoms with Crippen LogP contribution in [0.25, 0.3) is 0 Å². The third-order valence-electron chi connectivity index (χ3n) is 2.07. The minimum Gasteiger partial charge on any atom is -0.351 e. The molecule has 0 unspecified atom stereocenters. The minimum atomic E-state index is 0.0462. The first-order chi connectivity index (χ1) is 7.88. The molecule has 0 saturated heterocycles. The Morgan fingerprint density at radius 2 is 2.00 bits per heavy atom. The fourth-order valence-electron chi connectivity index (χ4n) is 1.17. The zero-order valence-corrected chi connectivity index (χ0v) is 12.0. The van der Waals surface area contributed by atoms with Crippen molar-refractivity contribution in [3.05, 3.63) is 34.9 Å². The summed E-state index contributed by atoms with van der Waals surface area (Å²) in [6.07, 6.45) is 0. The second kappa shape index (κ2) is 6.31. The van der Waals surface area contributed by atoms with Gasteiger partial charge in [0.1, 0.15) is 0 Å². The van der Waals surface area contributed by atoms with E-state index < -0.39 is 0 Å². The van der Waals surface area contributed by atoms with Crippen LogP contribution < -0.4 is 5.32 Å². The number of nitrogens with one attached hydrogen (secondary N) is 1. The van der Waals surface area contributed by atoms with Crippen LogP contribution in [0, 0.1) is 0 Å². The summed E-state index contributed by atoms with van der Waals surface area (Å²) in [7, 11) is 0. The third kappa shape index (κ3) is 5.99. The van der Waals surface area contributed by atoms with Gasteiger partial charge < -0.3 is 5.32 Å². The van der Waals surface area contributed by atoms with Gasteiger partial charge in [0.2, 0.25) is 5.91 Å². The smallest absolute Gasteiger partial charge is 0.230 e. The molecule has 0 aliphatic carbocycles. The van der Waals surface area contributed by atoms with Gasteiger partial charge in [-0.3, -0.25) is 4.79 Å². The quantitative estimate of drug-likeness (QED) is 0.908. The van der Waals surface area contributed by atoms with Gasteiger partial charge in [-0.05, 0) is 11.6 Å². The lowest BCUT2D eigenvalue weighted by atomic mass is 10.2. The Morgan fingerprint density at radius 3 is 2.59 bits per heavy atom. The van der Waals surface area contributed by atoms with Gasteiger partial charge in [0.15, 0.2) is 0 Å². The van der Waals surface area contributed by atoms with E-state index in [0.717, 1.165) is 5.56 Å². The molecule has 0 aromatic heterocycles. The monoisotopic (exact) mass is 271 g/mol. The van der Waals surface area contributed by atoms with Crippen molar-refractivity contribution in [1.82, 2.24) is 5.32 Å². The highest BCUT2D eigenvalue weighted by Gasteiger charge is 2.13. The average molecular weight is 272 g/mol. The van der Waals surface area contributed by atoms with E-state index >= 15 is 0 Å². The van der Waals surface area contributed by atoms with E-state index in [1.165, 1.54) is 0 Å². The molecule has 17 heavy (non-hydrogen) atoms. The zero-order chi connectivity index (χ0) is 12.9. The largest absolute Gasteiger partial charge is 0.351 e. The Balaban J connectivity index is 2.36. The van der Waals surface area contributed by atoms with E-state index in [1.54, 1.807) is 11.8 Å². The van der Waals surface area contributed by atoms with Gasteiger partial charge in [-0.15, -0.1) is 11.8 Å². The number of thioether (sulfide) groups is 1. The molecular formula is C13H18ClNOS. The molecule has 94 valence electrons. The van der Waals surface area contributed by atoms with Crippen LogP contribution in [-0.4, -0.2) is 16.4 Å². The Morgan fingerprint density at radius 1 is 1.35 bits per heavy atom. The molecule has 0 bridgehead atoms. The van der Waals surface area contributed by atoms with E-state index in [2.05, 4.69) is 26.1 Å². The first-order valence-corrected chi connectivity index (χ1v) is 6.89. The molecule has 1 aromatic rings. The van der Waals surface area contributed by atoms with Crippen LogP contribution in [0.3, 0.4) is 0 Å². The van der Waals surface area contributed by atoms with Crippen molar-refractivity contribution in [2.75, 3.05) is 5.75 Å². The summed E-state index contributed by atoms with van der Waals surface area (Å²) in [5, 5.41) is 3.56. The highest BCUT2D eigenvalue weighted by Crippen LogP contribution is 2.22. The molecule has 1 aromatic carbocycles. The molecule has 0 fully saturated rings. The van der Waals surface area contributed by atoms with E-state index in [0.29, 0.717) is 17.3 Å². The molecule has 1 rings (SSSR count). The Labute approximate surface area is 112 Å². The molecule has 0 heterocycles. The normalized spacial score (nSPS) is 11.3. The topological polar surface area (TPSA) is 29.1 Å².